The Kier molecular flexibility index (Phi) is 9.26. The molecule has 3 aliphatic carbocycles. The van der Waals surface area contributed by atoms with E-state index in [2.05, 4.69) is 58.0 Å². The van der Waals surface area contributed by atoms with Gasteiger partial charge in [-0.25, -0.2) is 4.98 Å². The average Bonchev–Trinajstić information content (AvgIpc) is 3.50. The van der Waals surface area contributed by atoms with E-state index in [-0.39, 0.29) is 12.0 Å². The second kappa shape index (κ2) is 12.4. The molecule has 1 heterocycles. The molecule has 220 valence electrons. The molecule has 7 atom stereocenters. The predicted molar refractivity (Wildman–Crippen MR) is 166 cm³/mol. The van der Waals surface area contributed by atoms with Crippen LogP contribution in [0.5, 0.6) is 0 Å². The summed E-state index contributed by atoms with van der Waals surface area (Å²) < 4.78 is 1.21. The molecule has 5 rings (SSSR count). The van der Waals surface area contributed by atoms with E-state index >= 15 is 0 Å². The molecule has 3 N–H and O–H groups in total. The van der Waals surface area contributed by atoms with Crippen molar-refractivity contribution >= 4 is 21.6 Å². The van der Waals surface area contributed by atoms with Crippen molar-refractivity contribution in [3.05, 3.63) is 52.6 Å². The molecule has 1 aromatic heterocycles. The molecule has 3 saturated carbocycles. The number of nitrogens with zero attached hydrogens (tertiary/aromatic N) is 1. The summed E-state index contributed by atoms with van der Waals surface area (Å²) in [5.74, 6) is 2.37. The van der Waals surface area contributed by atoms with Crippen molar-refractivity contribution in [1.29, 1.82) is 0 Å². The lowest BCUT2D eigenvalue weighted by Gasteiger charge is -2.44. The van der Waals surface area contributed by atoms with Crippen LogP contribution in [0.4, 0.5) is 0 Å². The molecule has 0 radical (unpaired) electrons. The number of aliphatic hydroxyl groups excluding tert-OH is 3. The molecule has 2 unspecified atom stereocenters. The van der Waals surface area contributed by atoms with Gasteiger partial charge in [0.2, 0.25) is 0 Å². The number of para-hydroxylation sites is 1. The molecule has 5 heteroatoms. The summed E-state index contributed by atoms with van der Waals surface area (Å²) in [6.07, 6.45) is 15.3. The summed E-state index contributed by atoms with van der Waals surface area (Å²) in [6.45, 7) is 9.69. The molecule has 0 bridgehead atoms. The van der Waals surface area contributed by atoms with Gasteiger partial charge < -0.3 is 15.3 Å². The van der Waals surface area contributed by atoms with Crippen LogP contribution in [0.25, 0.3) is 10.2 Å². The van der Waals surface area contributed by atoms with Crippen molar-refractivity contribution in [3.8, 4) is 0 Å². The highest BCUT2D eigenvalue weighted by molar-refractivity contribution is 7.18. The van der Waals surface area contributed by atoms with Gasteiger partial charge in [-0.2, -0.15) is 0 Å². The molecular formula is C35H51NO3S. The van der Waals surface area contributed by atoms with Gasteiger partial charge >= 0.3 is 0 Å². The first kappa shape index (κ1) is 29.9. The van der Waals surface area contributed by atoms with Crippen molar-refractivity contribution < 1.29 is 15.3 Å². The number of rotatable bonds is 9. The number of benzene rings is 1. The van der Waals surface area contributed by atoms with Gasteiger partial charge in [0.25, 0.3) is 0 Å². The van der Waals surface area contributed by atoms with Crippen LogP contribution in [0.15, 0.2) is 47.6 Å². The SMILES string of the molecule is CC(CCC[C@@](CO)(c1nc2ccccc2s1)C(C)C)[C@H]1CCC2/C(=C\C=C3C[C@@H](O)C[C@@H](O)C3)CCC[C@@]21C. The highest BCUT2D eigenvalue weighted by atomic mass is 32.1. The molecule has 0 amide bonds. The van der Waals surface area contributed by atoms with Crippen molar-refractivity contribution in [2.45, 2.75) is 116 Å². The Labute approximate surface area is 245 Å². The first-order valence-corrected chi connectivity index (χ1v) is 16.7. The Morgan fingerprint density at radius 1 is 1.10 bits per heavy atom. The van der Waals surface area contributed by atoms with Crippen LogP contribution in [0.3, 0.4) is 0 Å². The van der Waals surface area contributed by atoms with E-state index in [1.54, 1.807) is 16.9 Å². The first-order valence-electron chi connectivity index (χ1n) is 15.9. The van der Waals surface area contributed by atoms with Gasteiger partial charge in [-0.15, -0.1) is 11.3 Å². The lowest BCUT2D eigenvalue weighted by Crippen LogP contribution is -2.37. The average molecular weight is 566 g/mol. The topological polar surface area (TPSA) is 73.6 Å². The largest absolute Gasteiger partial charge is 0.395 e. The third-order valence-electron chi connectivity index (χ3n) is 11.2. The molecule has 4 nitrogen and oxygen atoms in total. The number of aliphatic hydroxyl groups is 3. The molecule has 3 aliphatic rings. The predicted octanol–water partition coefficient (Wildman–Crippen LogP) is 7.96. The molecule has 40 heavy (non-hydrogen) atoms. The van der Waals surface area contributed by atoms with Gasteiger partial charge in [-0.05, 0) is 99.0 Å². The number of hydrogen-bond acceptors (Lipinski definition) is 5. The fourth-order valence-electron chi connectivity index (χ4n) is 8.74. The Morgan fingerprint density at radius 3 is 2.55 bits per heavy atom. The van der Waals surface area contributed by atoms with Gasteiger partial charge in [-0.3, -0.25) is 0 Å². The second-order valence-electron chi connectivity index (χ2n) is 13.9. The van der Waals surface area contributed by atoms with Crippen LogP contribution in [-0.4, -0.2) is 39.1 Å². The van der Waals surface area contributed by atoms with E-state index < -0.39 is 12.2 Å². The zero-order valence-corrected chi connectivity index (χ0v) is 25.9. The summed E-state index contributed by atoms with van der Waals surface area (Å²) >= 11 is 1.76. The maximum absolute atomic E-state index is 10.7. The van der Waals surface area contributed by atoms with Gasteiger partial charge in [0.15, 0.2) is 0 Å². The molecule has 0 spiro atoms. The highest BCUT2D eigenvalue weighted by Gasteiger charge is 2.50. The summed E-state index contributed by atoms with van der Waals surface area (Å²) in [4.78, 5) is 5.01. The van der Waals surface area contributed by atoms with Crippen molar-refractivity contribution in [2.24, 2.45) is 29.1 Å². The van der Waals surface area contributed by atoms with Gasteiger partial charge in [0, 0.05) is 5.41 Å². The van der Waals surface area contributed by atoms with Crippen LogP contribution < -0.4 is 0 Å². The molecule has 2 aromatic rings. The summed E-state index contributed by atoms with van der Waals surface area (Å²) in [5, 5.41) is 32.0. The zero-order valence-electron chi connectivity index (χ0n) is 25.1. The third kappa shape index (κ3) is 5.86. The minimum absolute atomic E-state index is 0.153. The highest BCUT2D eigenvalue weighted by Crippen LogP contribution is 2.60. The number of aromatic nitrogens is 1. The maximum Gasteiger partial charge on any atom is 0.103 e. The standard InChI is InChI=1S/C35H51NO3S/c1-23(2)35(22-37,33-36-31-11-5-6-12-32(31)40-33)18-7-9-24(3)29-15-16-30-26(10-8-17-34(29,30)4)14-13-25-19-27(38)21-28(39)20-25/h5-6,11-14,23-24,27-30,37-39H,7-10,15-22H2,1-4H3/b25-13?,26-14-/t24?,27-,28+,29-,30?,34-,35+/m1/s1. The van der Waals surface area contributed by atoms with E-state index in [0.717, 1.165) is 29.3 Å². The Hall–Kier alpha value is -1.53. The fourth-order valence-corrected chi connectivity index (χ4v) is 10.1. The summed E-state index contributed by atoms with van der Waals surface area (Å²) in [6, 6.07) is 8.35. The fraction of sp³-hybridized carbons (Fsp3) is 0.686. The molecule has 0 aliphatic heterocycles. The molecule has 0 saturated heterocycles. The molecule has 1 aromatic carbocycles. The van der Waals surface area contributed by atoms with Gasteiger partial charge in [0.05, 0.1) is 29.0 Å². The van der Waals surface area contributed by atoms with E-state index in [9.17, 15) is 15.3 Å². The Balaban J connectivity index is 1.25. The first-order chi connectivity index (χ1) is 19.2. The van der Waals surface area contributed by atoms with Crippen LogP contribution in [0.1, 0.15) is 103 Å². The Morgan fingerprint density at radius 2 is 1.85 bits per heavy atom. The van der Waals surface area contributed by atoms with Crippen LogP contribution in [-0.2, 0) is 5.41 Å². The van der Waals surface area contributed by atoms with Crippen molar-refractivity contribution in [2.75, 3.05) is 6.61 Å². The van der Waals surface area contributed by atoms with Gasteiger partial charge in [0.1, 0.15) is 5.01 Å². The van der Waals surface area contributed by atoms with Gasteiger partial charge in [-0.1, -0.05) is 76.0 Å². The smallest absolute Gasteiger partial charge is 0.103 e. The van der Waals surface area contributed by atoms with Crippen LogP contribution >= 0.6 is 11.3 Å². The summed E-state index contributed by atoms with van der Waals surface area (Å²) in [7, 11) is 0. The number of fused-ring (bicyclic) bond motifs is 2. The lowest BCUT2D eigenvalue weighted by molar-refractivity contribution is 0.0609. The second-order valence-corrected chi connectivity index (χ2v) is 15.0. The molecular weight excluding hydrogens is 514 g/mol. The minimum atomic E-state index is -0.406. The van der Waals surface area contributed by atoms with E-state index in [0.29, 0.717) is 42.4 Å². The van der Waals surface area contributed by atoms with Crippen LogP contribution in [0, 0.1) is 29.1 Å². The monoisotopic (exact) mass is 565 g/mol. The van der Waals surface area contributed by atoms with E-state index in [4.69, 9.17) is 4.98 Å². The van der Waals surface area contributed by atoms with E-state index in [1.165, 1.54) is 48.8 Å². The van der Waals surface area contributed by atoms with Crippen LogP contribution in [0.2, 0.25) is 0 Å². The number of allylic oxidation sites excluding steroid dienone is 3. The quantitative estimate of drug-likeness (QED) is 0.288. The van der Waals surface area contributed by atoms with Crippen molar-refractivity contribution in [1.82, 2.24) is 4.98 Å². The van der Waals surface area contributed by atoms with E-state index in [1.807, 2.05) is 6.07 Å². The van der Waals surface area contributed by atoms with Crippen molar-refractivity contribution in [3.63, 3.8) is 0 Å². The number of hydrogen-bond donors (Lipinski definition) is 3. The normalized spacial score (nSPS) is 33.5. The third-order valence-corrected chi connectivity index (χ3v) is 12.4. The summed E-state index contributed by atoms with van der Waals surface area (Å²) in [5.41, 5.74) is 3.92. The molecule has 3 fully saturated rings. The lowest BCUT2D eigenvalue weighted by atomic mass is 9.60. The minimum Gasteiger partial charge on any atom is -0.395 e. The zero-order chi connectivity index (χ0) is 28.5. The Bertz CT molecular complexity index is 1170. The number of thiazole rings is 1. The maximum atomic E-state index is 10.7.